The van der Waals surface area contributed by atoms with Gasteiger partial charge in [-0.1, -0.05) is 11.6 Å². The van der Waals surface area contributed by atoms with Gasteiger partial charge >= 0.3 is 0 Å². The molecule has 15 heavy (non-hydrogen) atoms. The van der Waals surface area contributed by atoms with E-state index < -0.39 is 18.2 Å². The SMILES string of the molecule is C[C@H](O)CNc1ncnc(C(F)F)c1Cl. The highest BCUT2D eigenvalue weighted by Gasteiger charge is 2.17. The number of aromatic nitrogens is 2. The molecule has 0 unspecified atom stereocenters. The van der Waals surface area contributed by atoms with Crippen molar-refractivity contribution in [1.29, 1.82) is 0 Å². The van der Waals surface area contributed by atoms with E-state index in [1.807, 2.05) is 0 Å². The van der Waals surface area contributed by atoms with E-state index in [4.69, 9.17) is 16.7 Å². The van der Waals surface area contributed by atoms with Crippen LogP contribution in [0.5, 0.6) is 0 Å². The lowest BCUT2D eigenvalue weighted by molar-refractivity contribution is 0.146. The minimum Gasteiger partial charge on any atom is -0.392 e. The molecule has 0 amide bonds. The van der Waals surface area contributed by atoms with E-state index in [-0.39, 0.29) is 17.4 Å². The monoisotopic (exact) mass is 237 g/mol. The van der Waals surface area contributed by atoms with E-state index in [1.165, 1.54) is 0 Å². The van der Waals surface area contributed by atoms with Gasteiger partial charge in [-0.2, -0.15) is 0 Å². The van der Waals surface area contributed by atoms with Crippen molar-refractivity contribution in [1.82, 2.24) is 9.97 Å². The minimum absolute atomic E-state index is 0.0999. The Balaban J connectivity index is 2.85. The molecule has 1 aromatic rings. The van der Waals surface area contributed by atoms with E-state index in [0.717, 1.165) is 6.33 Å². The average molecular weight is 238 g/mol. The molecule has 84 valence electrons. The van der Waals surface area contributed by atoms with Crippen LogP contribution < -0.4 is 5.32 Å². The molecule has 2 N–H and O–H groups in total. The van der Waals surface area contributed by atoms with Gasteiger partial charge in [0, 0.05) is 6.54 Å². The molecule has 1 aromatic heterocycles. The molecule has 7 heteroatoms. The fraction of sp³-hybridized carbons (Fsp3) is 0.500. The third kappa shape index (κ3) is 3.24. The number of hydrogen-bond acceptors (Lipinski definition) is 4. The Bertz CT molecular complexity index is 336. The number of hydrogen-bond donors (Lipinski definition) is 2. The lowest BCUT2D eigenvalue weighted by Gasteiger charge is -2.10. The summed E-state index contributed by atoms with van der Waals surface area (Å²) in [6, 6.07) is 0. The molecule has 0 bridgehead atoms. The number of nitrogens with one attached hydrogen (secondary N) is 1. The van der Waals surface area contributed by atoms with Gasteiger partial charge in [0.25, 0.3) is 6.43 Å². The van der Waals surface area contributed by atoms with Gasteiger partial charge in [-0.3, -0.25) is 0 Å². The fourth-order valence-corrected chi connectivity index (χ4v) is 1.15. The van der Waals surface area contributed by atoms with Crippen LogP contribution >= 0.6 is 11.6 Å². The van der Waals surface area contributed by atoms with Crippen molar-refractivity contribution in [3.05, 3.63) is 17.0 Å². The molecule has 1 atom stereocenters. The second-order valence-electron chi connectivity index (χ2n) is 2.95. The van der Waals surface area contributed by atoms with Gasteiger partial charge in [0.2, 0.25) is 0 Å². The first kappa shape index (κ1) is 12.1. The Morgan fingerprint density at radius 2 is 2.20 bits per heavy atom. The number of alkyl halides is 2. The molecule has 0 aliphatic heterocycles. The predicted octanol–water partition coefficient (Wildman–Crippen LogP) is 1.86. The number of anilines is 1. The third-order valence-corrected chi connectivity index (χ3v) is 1.96. The normalized spacial score (nSPS) is 12.9. The molecule has 0 aromatic carbocycles. The lowest BCUT2D eigenvalue weighted by Crippen LogP contribution is -2.16. The number of nitrogens with zero attached hydrogens (tertiary/aromatic N) is 2. The summed E-state index contributed by atoms with van der Waals surface area (Å²) < 4.78 is 24.7. The smallest absolute Gasteiger partial charge is 0.282 e. The molecular weight excluding hydrogens is 228 g/mol. The van der Waals surface area contributed by atoms with Crippen LogP contribution in [-0.2, 0) is 0 Å². The number of aliphatic hydroxyl groups is 1. The van der Waals surface area contributed by atoms with Crippen LogP contribution in [0.4, 0.5) is 14.6 Å². The van der Waals surface area contributed by atoms with Crippen molar-refractivity contribution < 1.29 is 13.9 Å². The first-order chi connectivity index (χ1) is 7.02. The van der Waals surface area contributed by atoms with Gasteiger partial charge in [0.05, 0.1) is 6.10 Å². The largest absolute Gasteiger partial charge is 0.392 e. The summed E-state index contributed by atoms with van der Waals surface area (Å²) in [5.41, 5.74) is -0.514. The highest BCUT2D eigenvalue weighted by Crippen LogP contribution is 2.28. The van der Waals surface area contributed by atoms with Gasteiger partial charge in [-0.15, -0.1) is 0 Å². The molecule has 0 saturated heterocycles. The molecule has 1 rings (SSSR count). The number of aliphatic hydroxyl groups excluding tert-OH is 1. The van der Waals surface area contributed by atoms with Crippen LogP contribution in [0, 0.1) is 0 Å². The fourth-order valence-electron chi connectivity index (χ4n) is 0.903. The maximum atomic E-state index is 12.4. The van der Waals surface area contributed by atoms with E-state index in [1.54, 1.807) is 6.92 Å². The van der Waals surface area contributed by atoms with E-state index in [2.05, 4.69) is 15.3 Å². The van der Waals surface area contributed by atoms with Crippen molar-refractivity contribution in [3.63, 3.8) is 0 Å². The Morgan fingerprint density at radius 1 is 1.53 bits per heavy atom. The zero-order valence-corrected chi connectivity index (χ0v) is 8.67. The Hall–Kier alpha value is -1.01. The molecule has 0 fully saturated rings. The van der Waals surface area contributed by atoms with E-state index >= 15 is 0 Å². The van der Waals surface area contributed by atoms with E-state index in [9.17, 15) is 8.78 Å². The first-order valence-corrected chi connectivity index (χ1v) is 4.60. The quantitative estimate of drug-likeness (QED) is 0.839. The zero-order valence-electron chi connectivity index (χ0n) is 7.91. The molecule has 0 aliphatic carbocycles. The predicted molar refractivity (Wildman–Crippen MR) is 52.2 cm³/mol. The molecule has 1 heterocycles. The Labute approximate surface area is 90.3 Å². The summed E-state index contributed by atoms with van der Waals surface area (Å²) in [5.74, 6) is 0.0999. The van der Waals surface area contributed by atoms with Crippen LogP contribution in [0.1, 0.15) is 19.0 Å². The van der Waals surface area contributed by atoms with Gasteiger partial charge in [-0.05, 0) is 6.92 Å². The maximum Gasteiger partial charge on any atom is 0.282 e. The van der Waals surface area contributed by atoms with Crippen molar-refractivity contribution in [2.24, 2.45) is 0 Å². The van der Waals surface area contributed by atoms with Crippen LogP contribution in [0.25, 0.3) is 0 Å². The van der Waals surface area contributed by atoms with Gasteiger partial charge in [0.15, 0.2) is 0 Å². The van der Waals surface area contributed by atoms with E-state index in [0.29, 0.717) is 0 Å². The van der Waals surface area contributed by atoms with Gasteiger partial charge in [-0.25, -0.2) is 18.7 Å². The average Bonchev–Trinajstić information content (AvgIpc) is 2.15. The zero-order chi connectivity index (χ0) is 11.4. The van der Waals surface area contributed by atoms with Crippen LogP contribution in [0.3, 0.4) is 0 Å². The van der Waals surface area contributed by atoms with Gasteiger partial charge < -0.3 is 10.4 Å². The molecule has 0 saturated carbocycles. The first-order valence-electron chi connectivity index (χ1n) is 4.23. The summed E-state index contributed by atoms with van der Waals surface area (Å²) in [6.45, 7) is 1.73. The summed E-state index contributed by atoms with van der Waals surface area (Å²) in [4.78, 5) is 7.06. The number of halogens is 3. The van der Waals surface area contributed by atoms with Crippen molar-refractivity contribution >= 4 is 17.4 Å². The maximum absolute atomic E-state index is 12.4. The highest BCUT2D eigenvalue weighted by atomic mass is 35.5. The van der Waals surface area contributed by atoms with Crippen molar-refractivity contribution in [2.45, 2.75) is 19.5 Å². The topological polar surface area (TPSA) is 58.0 Å². The summed E-state index contributed by atoms with van der Waals surface area (Å²) >= 11 is 5.64. The van der Waals surface area contributed by atoms with Crippen molar-refractivity contribution in [2.75, 3.05) is 11.9 Å². The highest BCUT2D eigenvalue weighted by molar-refractivity contribution is 6.33. The summed E-state index contributed by atoms with van der Waals surface area (Å²) in [6.07, 6.45) is -2.36. The molecule has 0 aliphatic rings. The molecule has 0 radical (unpaired) electrons. The molecule has 4 nitrogen and oxygen atoms in total. The standard InChI is InChI=1S/C8H10ClF2N3O/c1-4(15)2-12-8-5(9)6(7(10)11)13-3-14-8/h3-4,7,15H,2H2,1H3,(H,12,13,14)/t4-/m0/s1. The lowest BCUT2D eigenvalue weighted by atomic mass is 10.3. The van der Waals surface area contributed by atoms with Crippen LogP contribution in [0.2, 0.25) is 5.02 Å². The summed E-state index contributed by atoms with van der Waals surface area (Å²) in [7, 11) is 0. The second kappa shape index (κ2) is 5.18. The van der Waals surface area contributed by atoms with Crippen molar-refractivity contribution in [3.8, 4) is 0 Å². The Kier molecular flexibility index (Phi) is 4.16. The third-order valence-electron chi connectivity index (χ3n) is 1.59. The van der Waals surface area contributed by atoms with Gasteiger partial charge in [0.1, 0.15) is 22.9 Å². The Morgan fingerprint density at radius 3 is 2.73 bits per heavy atom. The number of rotatable bonds is 4. The minimum atomic E-state index is -2.74. The second-order valence-corrected chi connectivity index (χ2v) is 3.33. The van der Waals surface area contributed by atoms with Crippen LogP contribution in [0.15, 0.2) is 6.33 Å². The molecular formula is C8H10ClF2N3O. The van der Waals surface area contributed by atoms with Crippen LogP contribution in [-0.4, -0.2) is 27.7 Å². The molecule has 0 spiro atoms. The summed E-state index contributed by atoms with van der Waals surface area (Å²) in [5, 5.41) is 11.4.